The van der Waals surface area contributed by atoms with E-state index in [-0.39, 0.29) is 0 Å². The van der Waals surface area contributed by atoms with Gasteiger partial charge in [-0.3, -0.25) is 0 Å². The number of aryl methyl sites for hydroxylation is 1. The first-order valence-corrected chi connectivity index (χ1v) is 8.43. The minimum absolute atomic E-state index is 0.359. The Hall–Kier alpha value is -1.07. The molecular formula is C15H23NO3S. The van der Waals surface area contributed by atoms with Gasteiger partial charge in [0.1, 0.15) is 5.75 Å². The Balaban J connectivity index is 2.39. The van der Waals surface area contributed by atoms with E-state index in [1.165, 1.54) is 0 Å². The van der Waals surface area contributed by atoms with Crippen LogP contribution in [0.25, 0.3) is 0 Å². The summed E-state index contributed by atoms with van der Waals surface area (Å²) >= 11 is 0. The van der Waals surface area contributed by atoms with Gasteiger partial charge in [-0.1, -0.05) is 19.9 Å². The third-order valence-corrected chi connectivity index (χ3v) is 5.82. The summed E-state index contributed by atoms with van der Waals surface area (Å²) in [5.74, 6) is 1.38. The Bertz CT molecular complexity index is 573. The van der Waals surface area contributed by atoms with Crippen molar-refractivity contribution in [3.8, 4) is 5.75 Å². The Labute approximate surface area is 121 Å². The lowest BCUT2D eigenvalue weighted by Crippen LogP contribution is -2.42. The topological polar surface area (TPSA) is 46.6 Å². The standard InChI is InChI=1S/C15H23NO3S/c1-11-7-12(2)10-16(9-11)20(17,18)15-8-14(19-4)6-5-13(15)3/h5-6,8,11-12H,7,9-10H2,1-4H3. The fourth-order valence-electron chi connectivity index (χ4n) is 2.93. The predicted molar refractivity (Wildman–Crippen MR) is 79.4 cm³/mol. The van der Waals surface area contributed by atoms with Gasteiger partial charge in [-0.25, -0.2) is 8.42 Å². The van der Waals surface area contributed by atoms with Crippen LogP contribution in [0.2, 0.25) is 0 Å². The number of methoxy groups -OCH3 is 1. The fraction of sp³-hybridized carbons (Fsp3) is 0.600. The highest BCUT2D eigenvalue weighted by molar-refractivity contribution is 7.89. The van der Waals surface area contributed by atoms with E-state index < -0.39 is 10.0 Å². The lowest BCUT2D eigenvalue weighted by atomic mass is 9.94. The first kappa shape index (κ1) is 15.3. The van der Waals surface area contributed by atoms with Gasteiger partial charge in [0.15, 0.2) is 0 Å². The molecule has 1 aromatic carbocycles. The molecule has 1 aliphatic heterocycles. The van der Waals surface area contributed by atoms with Gasteiger partial charge >= 0.3 is 0 Å². The van der Waals surface area contributed by atoms with Gasteiger partial charge in [-0.15, -0.1) is 0 Å². The van der Waals surface area contributed by atoms with Gasteiger partial charge in [-0.2, -0.15) is 4.31 Å². The van der Waals surface area contributed by atoms with Crippen molar-refractivity contribution in [3.05, 3.63) is 23.8 Å². The maximum absolute atomic E-state index is 12.8. The molecule has 2 rings (SSSR count). The third-order valence-electron chi connectivity index (χ3n) is 3.85. The molecule has 0 saturated carbocycles. The van der Waals surface area contributed by atoms with Crippen molar-refractivity contribution in [3.63, 3.8) is 0 Å². The number of hydrogen-bond acceptors (Lipinski definition) is 3. The molecule has 1 fully saturated rings. The summed E-state index contributed by atoms with van der Waals surface area (Å²) in [6.45, 7) is 7.24. The average molecular weight is 297 g/mol. The van der Waals surface area contributed by atoms with Gasteiger partial charge < -0.3 is 4.74 Å². The van der Waals surface area contributed by atoms with E-state index in [2.05, 4.69) is 13.8 Å². The Morgan fingerprint density at radius 2 is 1.80 bits per heavy atom. The maximum atomic E-state index is 12.8. The van der Waals surface area contributed by atoms with E-state index in [1.807, 2.05) is 6.92 Å². The van der Waals surface area contributed by atoms with Crippen molar-refractivity contribution in [2.45, 2.75) is 32.1 Å². The van der Waals surface area contributed by atoms with Crippen LogP contribution < -0.4 is 4.74 Å². The predicted octanol–water partition coefficient (Wildman–Crippen LogP) is 2.67. The minimum atomic E-state index is -3.44. The van der Waals surface area contributed by atoms with Gasteiger partial charge in [0.25, 0.3) is 0 Å². The van der Waals surface area contributed by atoms with Gasteiger partial charge in [0.2, 0.25) is 10.0 Å². The molecular weight excluding hydrogens is 274 g/mol. The molecule has 0 spiro atoms. The summed E-state index contributed by atoms with van der Waals surface area (Å²) in [5.41, 5.74) is 0.761. The van der Waals surface area contributed by atoms with Crippen LogP contribution in [-0.4, -0.2) is 32.9 Å². The van der Waals surface area contributed by atoms with Gasteiger partial charge in [0, 0.05) is 19.2 Å². The summed E-state index contributed by atoms with van der Waals surface area (Å²) in [5, 5.41) is 0. The smallest absolute Gasteiger partial charge is 0.243 e. The van der Waals surface area contributed by atoms with Crippen LogP contribution >= 0.6 is 0 Å². The Kier molecular flexibility index (Phi) is 4.39. The summed E-state index contributed by atoms with van der Waals surface area (Å²) in [4.78, 5) is 0.359. The number of rotatable bonds is 3. The van der Waals surface area contributed by atoms with Crippen LogP contribution in [0.3, 0.4) is 0 Å². The Morgan fingerprint density at radius 3 is 2.35 bits per heavy atom. The normalized spacial score (nSPS) is 24.6. The Morgan fingerprint density at radius 1 is 1.20 bits per heavy atom. The van der Waals surface area contributed by atoms with Gasteiger partial charge in [0.05, 0.1) is 12.0 Å². The second kappa shape index (κ2) is 5.74. The highest BCUT2D eigenvalue weighted by Gasteiger charge is 2.32. The summed E-state index contributed by atoms with van der Waals surface area (Å²) in [6.07, 6.45) is 1.09. The molecule has 2 unspecified atom stereocenters. The monoisotopic (exact) mass is 297 g/mol. The van der Waals surface area contributed by atoms with Crippen molar-refractivity contribution in [1.29, 1.82) is 0 Å². The van der Waals surface area contributed by atoms with E-state index in [9.17, 15) is 8.42 Å². The van der Waals surface area contributed by atoms with Crippen LogP contribution in [-0.2, 0) is 10.0 Å². The van der Waals surface area contributed by atoms with Gasteiger partial charge in [-0.05, 0) is 36.8 Å². The van der Waals surface area contributed by atoms with Crippen LogP contribution in [0, 0.1) is 18.8 Å². The van der Waals surface area contributed by atoms with E-state index >= 15 is 0 Å². The number of sulfonamides is 1. The zero-order chi connectivity index (χ0) is 14.9. The summed E-state index contributed by atoms with van der Waals surface area (Å²) in [6, 6.07) is 5.20. The quantitative estimate of drug-likeness (QED) is 0.861. The zero-order valence-corrected chi connectivity index (χ0v) is 13.4. The molecule has 1 saturated heterocycles. The molecule has 1 heterocycles. The largest absolute Gasteiger partial charge is 0.497 e. The molecule has 1 aliphatic rings. The second-order valence-electron chi connectivity index (χ2n) is 5.90. The van der Waals surface area contributed by atoms with Crippen LogP contribution in [0.15, 0.2) is 23.1 Å². The van der Waals surface area contributed by atoms with E-state index in [0.717, 1.165) is 12.0 Å². The zero-order valence-electron chi connectivity index (χ0n) is 12.6. The molecule has 5 heteroatoms. The maximum Gasteiger partial charge on any atom is 0.243 e. The van der Waals surface area contributed by atoms with Crippen molar-refractivity contribution in [1.82, 2.24) is 4.31 Å². The SMILES string of the molecule is COc1ccc(C)c(S(=O)(=O)N2CC(C)CC(C)C2)c1. The van der Waals surface area contributed by atoms with E-state index in [0.29, 0.717) is 35.6 Å². The molecule has 20 heavy (non-hydrogen) atoms. The minimum Gasteiger partial charge on any atom is -0.497 e. The number of ether oxygens (including phenoxy) is 1. The van der Waals surface area contributed by atoms with Crippen molar-refractivity contribution in [2.24, 2.45) is 11.8 Å². The van der Waals surface area contributed by atoms with Crippen molar-refractivity contribution >= 4 is 10.0 Å². The third kappa shape index (κ3) is 2.99. The first-order chi connectivity index (χ1) is 9.34. The van der Waals surface area contributed by atoms with Crippen LogP contribution in [0.4, 0.5) is 0 Å². The number of benzene rings is 1. The summed E-state index contributed by atoms with van der Waals surface area (Å²) in [7, 11) is -1.89. The molecule has 0 aromatic heterocycles. The number of nitrogens with zero attached hydrogens (tertiary/aromatic N) is 1. The van der Waals surface area contributed by atoms with E-state index in [4.69, 9.17) is 4.74 Å². The first-order valence-electron chi connectivity index (χ1n) is 6.99. The number of hydrogen-bond donors (Lipinski definition) is 0. The molecule has 112 valence electrons. The molecule has 0 radical (unpaired) electrons. The molecule has 0 bridgehead atoms. The molecule has 1 aromatic rings. The highest BCUT2D eigenvalue weighted by Crippen LogP contribution is 2.29. The van der Waals surface area contributed by atoms with E-state index in [1.54, 1.807) is 29.6 Å². The number of piperidine rings is 1. The fourth-order valence-corrected chi connectivity index (χ4v) is 4.85. The molecule has 0 aliphatic carbocycles. The molecule has 0 amide bonds. The molecule has 4 nitrogen and oxygen atoms in total. The van der Waals surface area contributed by atoms with Crippen molar-refractivity contribution in [2.75, 3.05) is 20.2 Å². The van der Waals surface area contributed by atoms with Crippen LogP contribution in [0.5, 0.6) is 5.75 Å². The molecule has 2 atom stereocenters. The van der Waals surface area contributed by atoms with Crippen molar-refractivity contribution < 1.29 is 13.2 Å². The lowest BCUT2D eigenvalue weighted by molar-refractivity contribution is 0.222. The molecule has 0 N–H and O–H groups in total. The average Bonchev–Trinajstić information content (AvgIpc) is 2.38. The lowest BCUT2D eigenvalue weighted by Gasteiger charge is -2.34. The summed E-state index contributed by atoms with van der Waals surface area (Å²) < 4.78 is 32.4. The van der Waals surface area contributed by atoms with Crippen LogP contribution in [0.1, 0.15) is 25.8 Å². The highest BCUT2D eigenvalue weighted by atomic mass is 32.2. The second-order valence-corrected chi connectivity index (χ2v) is 7.81.